The van der Waals surface area contributed by atoms with Crippen LogP contribution in [0.15, 0.2) is 30.6 Å². The van der Waals surface area contributed by atoms with Gasteiger partial charge in [-0.2, -0.15) is 0 Å². The van der Waals surface area contributed by atoms with Gasteiger partial charge >= 0.3 is 0 Å². The molecular formula is C26H32N4O2. The van der Waals surface area contributed by atoms with Crippen LogP contribution in [0.3, 0.4) is 0 Å². The Kier molecular flexibility index (Phi) is 4.94. The summed E-state index contributed by atoms with van der Waals surface area (Å²) in [6.07, 6.45) is 9.74. The summed E-state index contributed by atoms with van der Waals surface area (Å²) in [6, 6.07) is 8.23. The summed E-state index contributed by atoms with van der Waals surface area (Å²) < 4.78 is 5.36. The van der Waals surface area contributed by atoms with E-state index in [1.807, 2.05) is 12.1 Å². The lowest BCUT2D eigenvalue weighted by atomic mass is 9.49. The molecule has 4 aliphatic carbocycles. The third-order valence-electron chi connectivity index (χ3n) is 8.38. The highest BCUT2D eigenvalue weighted by atomic mass is 16.5. The van der Waals surface area contributed by atoms with Gasteiger partial charge in [0.2, 0.25) is 5.91 Å². The molecule has 168 valence electrons. The number of fused-ring (bicyclic) bond motifs is 1. The first-order valence-electron chi connectivity index (χ1n) is 12.1. The van der Waals surface area contributed by atoms with Crippen LogP contribution in [0.2, 0.25) is 0 Å². The molecule has 4 bridgehead atoms. The predicted octanol–water partition coefficient (Wildman–Crippen LogP) is 4.20. The van der Waals surface area contributed by atoms with Crippen molar-refractivity contribution in [2.75, 3.05) is 19.0 Å². The first kappa shape index (κ1) is 20.2. The third kappa shape index (κ3) is 3.58. The number of nitrogens with zero attached hydrogens (tertiary/aromatic N) is 3. The maximum atomic E-state index is 13.5. The number of hydrogen-bond donors (Lipinski definition) is 1. The summed E-state index contributed by atoms with van der Waals surface area (Å²) in [7, 11) is 1.70. The number of hydrogen-bond acceptors (Lipinski definition) is 5. The molecule has 0 unspecified atom stereocenters. The van der Waals surface area contributed by atoms with Crippen LogP contribution in [-0.4, -0.2) is 34.4 Å². The van der Waals surface area contributed by atoms with Crippen molar-refractivity contribution in [3.8, 4) is 5.75 Å². The van der Waals surface area contributed by atoms with E-state index in [-0.39, 0.29) is 11.3 Å². The van der Waals surface area contributed by atoms with Crippen molar-refractivity contribution in [1.82, 2.24) is 14.9 Å². The SMILES string of the molecule is COc1cccc(CN2CCc3c(ncnc3NC(=O)C34CC5CC(CC(C5)C3)C4)C2)c1. The number of methoxy groups -OCH3 is 1. The van der Waals surface area contributed by atoms with Crippen molar-refractivity contribution in [2.45, 2.75) is 58.0 Å². The molecular weight excluding hydrogens is 400 g/mol. The number of nitrogens with one attached hydrogen (secondary N) is 1. The third-order valence-corrected chi connectivity index (χ3v) is 8.38. The molecule has 2 aromatic rings. The minimum Gasteiger partial charge on any atom is -0.497 e. The van der Waals surface area contributed by atoms with Crippen molar-refractivity contribution < 1.29 is 9.53 Å². The van der Waals surface area contributed by atoms with Crippen molar-refractivity contribution in [1.29, 1.82) is 0 Å². The van der Waals surface area contributed by atoms with Gasteiger partial charge in [-0.1, -0.05) is 12.1 Å². The van der Waals surface area contributed by atoms with Gasteiger partial charge in [0, 0.05) is 25.2 Å². The van der Waals surface area contributed by atoms with Crippen LogP contribution >= 0.6 is 0 Å². The van der Waals surface area contributed by atoms with E-state index in [9.17, 15) is 4.79 Å². The van der Waals surface area contributed by atoms with E-state index in [2.05, 4.69) is 32.3 Å². The molecule has 0 spiro atoms. The Bertz CT molecular complexity index is 1000. The predicted molar refractivity (Wildman–Crippen MR) is 122 cm³/mol. The molecule has 1 amide bonds. The molecule has 1 aromatic carbocycles. The van der Waals surface area contributed by atoms with Crippen LogP contribution in [0.25, 0.3) is 0 Å². The van der Waals surface area contributed by atoms with Crippen molar-refractivity contribution in [2.24, 2.45) is 23.2 Å². The van der Waals surface area contributed by atoms with E-state index in [0.717, 1.165) is 85.9 Å². The Morgan fingerprint density at radius 3 is 2.62 bits per heavy atom. The fraction of sp³-hybridized carbons (Fsp3) is 0.577. The molecule has 4 fully saturated rings. The first-order chi connectivity index (χ1) is 15.6. The highest BCUT2D eigenvalue weighted by Crippen LogP contribution is 2.60. The molecule has 5 aliphatic rings. The van der Waals surface area contributed by atoms with Crippen molar-refractivity contribution in [3.63, 3.8) is 0 Å². The van der Waals surface area contributed by atoms with Crippen LogP contribution in [0.5, 0.6) is 5.75 Å². The monoisotopic (exact) mass is 432 g/mol. The molecule has 4 saturated carbocycles. The molecule has 2 heterocycles. The minimum absolute atomic E-state index is 0.153. The Morgan fingerprint density at radius 1 is 1.16 bits per heavy atom. The summed E-state index contributed by atoms with van der Waals surface area (Å²) in [5, 5.41) is 3.28. The van der Waals surface area contributed by atoms with Crippen molar-refractivity contribution in [3.05, 3.63) is 47.4 Å². The molecule has 0 atom stereocenters. The van der Waals surface area contributed by atoms with Gasteiger partial charge in [0.15, 0.2) is 0 Å². The van der Waals surface area contributed by atoms with Gasteiger partial charge in [0.25, 0.3) is 0 Å². The molecule has 1 aromatic heterocycles. The second-order valence-electron chi connectivity index (χ2n) is 10.6. The fourth-order valence-electron chi connectivity index (χ4n) is 7.31. The number of carbonyl (C=O) groups excluding carboxylic acids is 1. The zero-order chi connectivity index (χ0) is 21.7. The molecule has 1 aliphatic heterocycles. The highest BCUT2D eigenvalue weighted by Gasteiger charge is 2.54. The average molecular weight is 433 g/mol. The zero-order valence-corrected chi connectivity index (χ0v) is 18.8. The van der Waals surface area contributed by atoms with E-state index in [1.165, 1.54) is 24.8 Å². The smallest absolute Gasteiger partial charge is 0.231 e. The number of amides is 1. The quantitative estimate of drug-likeness (QED) is 0.767. The zero-order valence-electron chi connectivity index (χ0n) is 18.8. The average Bonchev–Trinajstić information content (AvgIpc) is 2.78. The molecule has 6 nitrogen and oxygen atoms in total. The fourth-order valence-corrected chi connectivity index (χ4v) is 7.31. The topological polar surface area (TPSA) is 67.3 Å². The normalized spacial score (nSPS) is 30.7. The Hall–Kier alpha value is -2.47. The maximum Gasteiger partial charge on any atom is 0.231 e. The van der Waals surface area contributed by atoms with Crippen LogP contribution in [-0.2, 0) is 24.3 Å². The van der Waals surface area contributed by atoms with E-state index >= 15 is 0 Å². The molecule has 32 heavy (non-hydrogen) atoms. The number of ether oxygens (including phenoxy) is 1. The Labute approximate surface area is 189 Å². The van der Waals surface area contributed by atoms with Crippen LogP contribution in [0.4, 0.5) is 5.82 Å². The van der Waals surface area contributed by atoms with E-state index in [4.69, 9.17) is 4.74 Å². The molecule has 0 radical (unpaired) electrons. The second kappa shape index (κ2) is 7.84. The van der Waals surface area contributed by atoms with Crippen LogP contribution in [0, 0.1) is 23.2 Å². The largest absolute Gasteiger partial charge is 0.497 e. The second-order valence-corrected chi connectivity index (χ2v) is 10.6. The maximum absolute atomic E-state index is 13.5. The van der Waals surface area contributed by atoms with E-state index in [1.54, 1.807) is 13.4 Å². The molecule has 6 heteroatoms. The summed E-state index contributed by atoms with van der Waals surface area (Å²) in [4.78, 5) is 25.0. The number of aromatic nitrogens is 2. The van der Waals surface area contributed by atoms with E-state index in [0.29, 0.717) is 0 Å². The molecule has 7 rings (SSSR count). The van der Waals surface area contributed by atoms with Gasteiger partial charge < -0.3 is 10.1 Å². The molecule has 0 saturated heterocycles. The van der Waals surface area contributed by atoms with Crippen LogP contribution in [0.1, 0.15) is 55.3 Å². The number of carbonyl (C=O) groups is 1. The number of anilines is 1. The summed E-state index contributed by atoms with van der Waals surface area (Å²) >= 11 is 0. The van der Waals surface area contributed by atoms with Gasteiger partial charge in [0.05, 0.1) is 18.2 Å². The van der Waals surface area contributed by atoms with E-state index < -0.39 is 0 Å². The summed E-state index contributed by atoms with van der Waals surface area (Å²) in [6.45, 7) is 2.56. The van der Waals surface area contributed by atoms with Gasteiger partial charge in [-0.25, -0.2) is 9.97 Å². The molecule has 1 N–H and O–H groups in total. The first-order valence-corrected chi connectivity index (χ1v) is 12.1. The minimum atomic E-state index is -0.153. The van der Waals surface area contributed by atoms with Gasteiger partial charge in [-0.15, -0.1) is 0 Å². The summed E-state index contributed by atoms with van der Waals surface area (Å²) in [5.74, 6) is 4.13. The van der Waals surface area contributed by atoms with Crippen molar-refractivity contribution >= 4 is 11.7 Å². The lowest BCUT2D eigenvalue weighted by Gasteiger charge is -2.55. The highest BCUT2D eigenvalue weighted by molar-refractivity contribution is 5.95. The Morgan fingerprint density at radius 2 is 1.91 bits per heavy atom. The number of rotatable bonds is 5. The lowest BCUT2D eigenvalue weighted by Crippen LogP contribution is -2.52. The van der Waals surface area contributed by atoms with Gasteiger partial charge in [0.1, 0.15) is 17.9 Å². The van der Waals surface area contributed by atoms with Crippen LogP contribution < -0.4 is 10.1 Å². The van der Waals surface area contributed by atoms with Gasteiger partial charge in [-0.05, 0) is 80.4 Å². The lowest BCUT2D eigenvalue weighted by molar-refractivity contribution is -0.140. The number of benzene rings is 1. The Balaban J connectivity index is 1.17. The van der Waals surface area contributed by atoms with Gasteiger partial charge in [-0.3, -0.25) is 9.69 Å². The summed E-state index contributed by atoms with van der Waals surface area (Å²) in [5.41, 5.74) is 3.24. The standard InChI is InChI=1S/C26H32N4O2/c1-32-21-4-2-3-17(10-21)14-30-6-5-22-23(15-30)27-16-28-24(22)29-25(31)26-11-18-7-19(12-26)9-20(8-18)13-26/h2-4,10,16,18-20H,5-9,11-15H2,1H3,(H,27,28,29,31).